The summed E-state index contributed by atoms with van der Waals surface area (Å²) in [5.74, 6) is -0.149. The molecule has 1 aromatic heterocycles. The highest BCUT2D eigenvalue weighted by atomic mass is 35.5. The molecule has 4 aromatic rings. The predicted molar refractivity (Wildman–Crippen MR) is 140 cm³/mol. The van der Waals surface area contributed by atoms with Crippen LogP contribution in [0.3, 0.4) is 0 Å². The molecule has 0 fully saturated rings. The Morgan fingerprint density at radius 3 is 2.40 bits per heavy atom. The molecule has 2 amide bonds. The van der Waals surface area contributed by atoms with E-state index in [1.807, 2.05) is 55.5 Å². The molecule has 0 saturated heterocycles. The second-order valence-electron chi connectivity index (χ2n) is 7.93. The molecule has 0 unspecified atom stereocenters. The van der Waals surface area contributed by atoms with E-state index in [9.17, 15) is 9.59 Å². The van der Waals surface area contributed by atoms with Crippen molar-refractivity contribution in [2.45, 2.75) is 13.3 Å². The van der Waals surface area contributed by atoms with Gasteiger partial charge < -0.3 is 10.2 Å². The number of aromatic nitrogens is 2. The molecule has 0 aliphatic heterocycles. The van der Waals surface area contributed by atoms with E-state index in [0.717, 1.165) is 5.56 Å². The number of amides is 2. The number of anilines is 1. The fourth-order valence-corrected chi connectivity index (χ4v) is 4.12. The molecule has 0 bridgehead atoms. The Labute approximate surface area is 214 Å². The third-order valence-electron chi connectivity index (χ3n) is 5.31. The van der Waals surface area contributed by atoms with E-state index in [1.165, 1.54) is 4.90 Å². The highest BCUT2D eigenvalue weighted by Gasteiger charge is 2.21. The van der Waals surface area contributed by atoms with Gasteiger partial charge in [0.1, 0.15) is 12.4 Å². The molecule has 0 aliphatic rings. The first kappa shape index (κ1) is 24.5. The first-order chi connectivity index (χ1) is 17.0. The number of nitrogens with one attached hydrogen (secondary N) is 1. The van der Waals surface area contributed by atoms with Crippen LogP contribution in [-0.4, -0.2) is 39.6 Å². The maximum Gasteiger partial charge on any atom is 0.254 e. The topological polar surface area (TPSA) is 67.2 Å². The van der Waals surface area contributed by atoms with Crippen LogP contribution in [0.25, 0.3) is 16.9 Å². The lowest BCUT2D eigenvalue weighted by molar-refractivity contribution is -0.116. The van der Waals surface area contributed by atoms with Crippen LogP contribution in [0.2, 0.25) is 10.0 Å². The normalized spacial score (nSPS) is 10.7. The average Bonchev–Trinajstić information content (AvgIpc) is 3.27. The molecule has 6 nitrogen and oxygen atoms in total. The summed E-state index contributed by atoms with van der Waals surface area (Å²) in [6.07, 6.45) is 0.704. The highest BCUT2D eigenvalue weighted by Crippen LogP contribution is 2.28. The van der Waals surface area contributed by atoms with Crippen LogP contribution in [0.5, 0.6) is 0 Å². The molecule has 35 heavy (non-hydrogen) atoms. The molecule has 1 N–H and O–H groups in total. The van der Waals surface area contributed by atoms with E-state index in [0.29, 0.717) is 45.8 Å². The average molecular weight is 507 g/mol. The zero-order chi connectivity index (χ0) is 24.8. The van der Waals surface area contributed by atoms with Crippen molar-refractivity contribution < 1.29 is 9.59 Å². The molecule has 0 spiro atoms. The van der Waals surface area contributed by atoms with Crippen molar-refractivity contribution in [1.82, 2.24) is 14.7 Å². The summed E-state index contributed by atoms with van der Waals surface area (Å²) in [6.45, 7) is 2.26. The molecule has 8 heteroatoms. The van der Waals surface area contributed by atoms with Gasteiger partial charge in [-0.15, -0.1) is 0 Å². The Kier molecular flexibility index (Phi) is 7.85. The SMILES string of the molecule is CCCN(CC(=O)Nc1cc(-c2ccccc2)nn1-c1ccccc1Cl)C(=O)c1cccc(Cl)c1. The molecule has 4 rings (SSSR count). The van der Waals surface area contributed by atoms with Gasteiger partial charge in [0, 0.05) is 28.8 Å². The summed E-state index contributed by atoms with van der Waals surface area (Å²) in [6, 6.07) is 25.4. The number of benzene rings is 3. The van der Waals surface area contributed by atoms with Crippen LogP contribution >= 0.6 is 23.2 Å². The second kappa shape index (κ2) is 11.2. The minimum atomic E-state index is -0.346. The summed E-state index contributed by atoms with van der Waals surface area (Å²) in [5.41, 5.74) is 2.65. The standard InChI is InChI=1S/C27H24Cl2N4O2/c1-2-15-32(27(35)20-11-8-12-21(28)16-20)18-26(34)30-25-17-23(19-9-4-3-5-10-19)31-33(25)24-14-7-6-13-22(24)29/h3-14,16-17H,2,15,18H2,1H3,(H,30,34). The van der Waals surface area contributed by atoms with Crippen LogP contribution in [0.15, 0.2) is 84.9 Å². The Morgan fingerprint density at radius 2 is 1.69 bits per heavy atom. The van der Waals surface area contributed by atoms with Crippen LogP contribution in [0.4, 0.5) is 5.82 Å². The maximum absolute atomic E-state index is 13.1. The first-order valence-electron chi connectivity index (χ1n) is 11.2. The number of halogens is 2. The smallest absolute Gasteiger partial charge is 0.254 e. The summed E-state index contributed by atoms with van der Waals surface area (Å²) in [5, 5.41) is 8.57. The number of rotatable bonds is 8. The molecular weight excluding hydrogens is 483 g/mol. The zero-order valence-corrected chi connectivity index (χ0v) is 20.6. The van der Waals surface area contributed by atoms with Crippen molar-refractivity contribution in [3.63, 3.8) is 0 Å². The second-order valence-corrected chi connectivity index (χ2v) is 8.77. The lowest BCUT2D eigenvalue weighted by Crippen LogP contribution is -2.38. The molecule has 0 saturated carbocycles. The monoisotopic (exact) mass is 506 g/mol. The zero-order valence-electron chi connectivity index (χ0n) is 19.1. The van der Waals surface area contributed by atoms with Gasteiger partial charge in [0.25, 0.3) is 5.91 Å². The van der Waals surface area contributed by atoms with Gasteiger partial charge in [0.15, 0.2) is 0 Å². The predicted octanol–water partition coefficient (Wildman–Crippen LogP) is 6.34. The quantitative estimate of drug-likeness (QED) is 0.303. The molecule has 0 aliphatic carbocycles. The molecule has 1 heterocycles. The minimum absolute atomic E-state index is 0.118. The van der Waals surface area contributed by atoms with Gasteiger partial charge in [0.2, 0.25) is 5.91 Å². The van der Waals surface area contributed by atoms with Crippen LogP contribution in [0, 0.1) is 0 Å². The minimum Gasteiger partial charge on any atom is -0.329 e. The fourth-order valence-electron chi connectivity index (χ4n) is 3.71. The number of hydrogen-bond acceptors (Lipinski definition) is 3. The van der Waals surface area contributed by atoms with E-state index >= 15 is 0 Å². The third-order valence-corrected chi connectivity index (χ3v) is 5.87. The van der Waals surface area contributed by atoms with Gasteiger partial charge in [-0.05, 0) is 36.8 Å². The van der Waals surface area contributed by atoms with Crippen molar-refractivity contribution in [3.8, 4) is 16.9 Å². The van der Waals surface area contributed by atoms with E-state index in [-0.39, 0.29) is 18.4 Å². The fraction of sp³-hybridized carbons (Fsp3) is 0.148. The Hall–Kier alpha value is -3.61. The summed E-state index contributed by atoms with van der Waals surface area (Å²) < 4.78 is 1.60. The lowest BCUT2D eigenvalue weighted by Gasteiger charge is -2.22. The van der Waals surface area contributed by atoms with Crippen molar-refractivity contribution >= 4 is 40.8 Å². The third kappa shape index (κ3) is 5.91. The van der Waals surface area contributed by atoms with Crippen LogP contribution < -0.4 is 5.32 Å². The van der Waals surface area contributed by atoms with Crippen molar-refractivity contribution in [1.29, 1.82) is 0 Å². The van der Waals surface area contributed by atoms with Crippen molar-refractivity contribution in [2.75, 3.05) is 18.4 Å². The molecule has 178 valence electrons. The molecule has 0 radical (unpaired) electrons. The summed E-state index contributed by atoms with van der Waals surface area (Å²) in [7, 11) is 0. The molecule has 3 aromatic carbocycles. The number of carbonyl (C=O) groups is 2. The van der Waals surface area contributed by atoms with Crippen LogP contribution in [-0.2, 0) is 4.79 Å². The Balaban J connectivity index is 1.61. The number of hydrogen-bond donors (Lipinski definition) is 1. The molecule has 0 atom stereocenters. The number of nitrogens with zero attached hydrogens (tertiary/aromatic N) is 3. The van der Waals surface area contributed by atoms with Crippen molar-refractivity contribution in [3.05, 3.63) is 101 Å². The van der Waals surface area contributed by atoms with Gasteiger partial charge in [-0.3, -0.25) is 9.59 Å². The summed E-state index contributed by atoms with van der Waals surface area (Å²) >= 11 is 12.5. The van der Waals surface area contributed by atoms with Crippen LogP contribution in [0.1, 0.15) is 23.7 Å². The lowest BCUT2D eigenvalue weighted by atomic mass is 10.1. The van der Waals surface area contributed by atoms with Gasteiger partial charge in [-0.1, -0.05) is 78.7 Å². The highest BCUT2D eigenvalue weighted by molar-refractivity contribution is 6.32. The van der Waals surface area contributed by atoms with Gasteiger partial charge >= 0.3 is 0 Å². The number of carbonyl (C=O) groups excluding carboxylic acids is 2. The van der Waals surface area contributed by atoms with E-state index in [4.69, 9.17) is 28.3 Å². The summed E-state index contributed by atoms with van der Waals surface area (Å²) in [4.78, 5) is 27.7. The molecular formula is C27H24Cl2N4O2. The van der Waals surface area contributed by atoms with E-state index < -0.39 is 0 Å². The maximum atomic E-state index is 13.1. The first-order valence-corrected chi connectivity index (χ1v) is 12.0. The van der Waals surface area contributed by atoms with Crippen molar-refractivity contribution in [2.24, 2.45) is 0 Å². The van der Waals surface area contributed by atoms with Gasteiger partial charge in [-0.25, -0.2) is 4.68 Å². The number of para-hydroxylation sites is 1. The van der Waals surface area contributed by atoms with E-state index in [2.05, 4.69) is 5.32 Å². The van der Waals surface area contributed by atoms with Gasteiger partial charge in [-0.2, -0.15) is 5.10 Å². The van der Waals surface area contributed by atoms with Gasteiger partial charge in [0.05, 0.1) is 16.4 Å². The Morgan fingerprint density at radius 1 is 0.943 bits per heavy atom. The largest absolute Gasteiger partial charge is 0.329 e. The van der Waals surface area contributed by atoms with E-state index in [1.54, 1.807) is 41.1 Å². The Bertz CT molecular complexity index is 1340.